The molecule has 2 unspecified atom stereocenters. The van der Waals surface area contributed by atoms with Gasteiger partial charge in [-0.3, -0.25) is 0 Å². The highest BCUT2D eigenvalue weighted by Crippen LogP contribution is 2.23. The van der Waals surface area contributed by atoms with E-state index in [4.69, 9.17) is 5.11 Å². The first kappa shape index (κ1) is 15.4. The molecule has 20 heavy (non-hydrogen) atoms. The van der Waals surface area contributed by atoms with Crippen molar-refractivity contribution in [2.45, 2.75) is 24.4 Å². The smallest absolute Gasteiger partial charge is 0.140 e. The van der Waals surface area contributed by atoms with Crippen LogP contribution >= 0.6 is 15.9 Å². The van der Waals surface area contributed by atoms with E-state index >= 15 is 0 Å². The van der Waals surface area contributed by atoms with Gasteiger partial charge in [-0.2, -0.15) is 0 Å². The predicted molar refractivity (Wildman–Crippen MR) is 73.9 cm³/mol. The van der Waals surface area contributed by atoms with Crippen LogP contribution in [0.1, 0.15) is 11.9 Å². The van der Waals surface area contributed by atoms with Gasteiger partial charge in [-0.15, -0.1) is 0 Å². The Kier molecular flexibility index (Phi) is 4.74. The Morgan fingerprint density at radius 2 is 1.85 bits per heavy atom. The molecule has 8 heteroatoms. The molecule has 110 valence electrons. The van der Waals surface area contributed by atoms with Gasteiger partial charge in [0.05, 0.1) is 17.6 Å². The van der Waals surface area contributed by atoms with Gasteiger partial charge in [-0.1, -0.05) is 15.9 Å². The first-order valence-electron chi connectivity index (χ1n) is 5.92. The molecule has 1 aromatic carbocycles. The lowest BCUT2D eigenvalue weighted by Gasteiger charge is -2.24. The normalized spacial score (nSPS) is 17.9. The number of H-pyrrole nitrogens is 1. The van der Waals surface area contributed by atoms with Crippen molar-refractivity contribution in [3.8, 4) is 0 Å². The van der Waals surface area contributed by atoms with E-state index in [1.165, 1.54) is 0 Å². The number of nitrogens with zero attached hydrogens (tertiary/aromatic N) is 1. The van der Waals surface area contributed by atoms with Crippen LogP contribution in [-0.2, 0) is 0 Å². The molecule has 0 aliphatic carbocycles. The van der Waals surface area contributed by atoms with Crippen molar-refractivity contribution in [2.24, 2.45) is 0 Å². The molecule has 1 heterocycles. The summed E-state index contributed by atoms with van der Waals surface area (Å²) >= 11 is 3.30. The fourth-order valence-corrected chi connectivity index (χ4v) is 2.19. The number of aliphatic hydroxyl groups excluding tert-OH is 5. The number of benzene rings is 1. The molecule has 0 radical (unpaired) electrons. The van der Waals surface area contributed by atoms with Crippen molar-refractivity contribution >= 4 is 27.0 Å². The third-order valence-corrected chi connectivity index (χ3v) is 3.49. The zero-order valence-corrected chi connectivity index (χ0v) is 11.9. The molecule has 0 saturated heterocycles. The molecule has 1 aromatic heterocycles. The van der Waals surface area contributed by atoms with Crippen molar-refractivity contribution in [3.05, 3.63) is 28.5 Å². The van der Waals surface area contributed by atoms with E-state index in [1.807, 2.05) is 0 Å². The fourth-order valence-electron chi connectivity index (χ4n) is 1.83. The van der Waals surface area contributed by atoms with E-state index in [2.05, 4.69) is 25.9 Å². The first-order chi connectivity index (χ1) is 9.43. The lowest BCUT2D eigenvalue weighted by atomic mass is 10.0. The van der Waals surface area contributed by atoms with Gasteiger partial charge < -0.3 is 30.5 Å². The summed E-state index contributed by atoms with van der Waals surface area (Å²) < 4.78 is 0.825. The maximum Gasteiger partial charge on any atom is 0.140 e. The van der Waals surface area contributed by atoms with Crippen LogP contribution in [0.2, 0.25) is 0 Å². The number of aliphatic hydroxyl groups is 5. The molecule has 2 aromatic rings. The zero-order valence-electron chi connectivity index (χ0n) is 10.3. The standard InChI is InChI=1S/C12H15BrN2O5/c13-5-1-2-6-7(3-5)15-12(14-6)11(20)10(19)9(18)8(17)4-16/h1-3,8-11,16-20H,4H2,(H,14,15)/t8?,9-,10?,11+/m1/s1. The minimum Gasteiger partial charge on any atom is -0.394 e. The van der Waals surface area contributed by atoms with Crippen molar-refractivity contribution in [1.29, 1.82) is 0 Å². The highest BCUT2D eigenvalue weighted by atomic mass is 79.9. The maximum atomic E-state index is 9.97. The summed E-state index contributed by atoms with van der Waals surface area (Å²) in [5.41, 5.74) is 1.24. The average Bonchev–Trinajstić information content (AvgIpc) is 2.86. The van der Waals surface area contributed by atoms with Crippen LogP contribution in [0.5, 0.6) is 0 Å². The maximum absolute atomic E-state index is 9.97. The summed E-state index contributed by atoms with van der Waals surface area (Å²) in [4.78, 5) is 6.92. The Bertz CT molecular complexity index is 590. The van der Waals surface area contributed by atoms with Crippen molar-refractivity contribution in [3.63, 3.8) is 0 Å². The summed E-state index contributed by atoms with van der Waals surface area (Å²) in [6.07, 6.45) is -6.42. The van der Waals surface area contributed by atoms with Gasteiger partial charge in [0.2, 0.25) is 0 Å². The third kappa shape index (κ3) is 3.00. The Hall–Kier alpha value is -1.03. The number of hydrogen-bond acceptors (Lipinski definition) is 6. The van der Waals surface area contributed by atoms with Gasteiger partial charge >= 0.3 is 0 Å². The largest absolute Gasteiger partial charge is 0.394 e. The quantitative estimate of drug-likeness (QED) is 0.430. The van der Waals surface area contributed by atoms with Gasteiger partial charge in [-0.05, 0) is 18.2 Å². The summed E-state index contributed by atoms with van der Waals surface area (Å²) in [7, 11) is 0. The third-order valence-electron chi connectivity index (χ3n) is 3.00. The van der Waals surface area contributed by atoms with Gasteiger partial charge in [0.1, 0.15) is 30.2 Å². The van der Waals surface area contributed by atoms with Gasteiger partial charge in [-0.25, -0.2) is 4.98 Å². The Balaban J connectivity index is 2.24. The number of rotatable bonds is 5. The summed E-state index contributed by atoms with van der Waals surface area (Å²) in [6.45, 7) is -0.724. The Morgan fingerprint density at radius 1 is 1.15 bits per heavy atom. The SMILES string of the molecule is OCC(O)[C@@H](O)C(O)[C@H](O)c1nc2ccc(Br)cc2[nH]1. The second kappa shape index (κ2) is 6.17. The van der Waals surface area contributed by atoms with Crippen LogP contribution in [0.15, 0.2) is 22.7 Å². The topological polar surface area (TPSA) is 130 Å². The second-order valence-electron chi connectivity index (χ2n) is 4.46. The number of aromatic amines is 1. The number of imidazole rings is 1. The zero-order chi connectivity index (χ0) is 14.9. The Morgan fingerprint density at radius 3 is 2.50 bits per heavy atom. The van der Waals surface area contributed by atoms with E-state index in [0.717, 1.165) is 4.47 Å². The molecule has 0 spiro atoms. The molecule has 6 N–H and O–H groups in total. The van der Waals surface area contributed by atoms with E-state index < -0.39 is 31.0 Å². The first-order valence-corrected chi connectivity index (χ1v) is 6.71. The highest BCUT2D eigenvalue weighted by molar-refractivity contribution is 9.10. The molecule has 0 aliphatic rings. The van der Waals surface area contributed by atoms with Crippen LogP contribution in [0.4, 0.5) is 0 Å². The molecule has 2 rings (SSSR count). The van der Waals surface area contributed by atoms with E-state index in [9.17, 15) is 20.4 Å². The van der Waals surface area contributed by atoms with E-state index in [-0.39, 0.29) is 5.82 Å². The van der Waals surface area contributed by atoms with E-state index in [1.54, 1.807) is 18.2 Å². The summed E-state index contributed by atoms with van der Waals surface area (Å²) in [6, 6.07) is 5.25. The lowest BCUT2D eigenvalue weighted by Crippen LogP contribution is -2.42. The molecule has 0 fully saturated rings. The van der Waals surface area contributed by atoms with Gasteiger partial charge in [0.25, 0.3) is 0 Å². The molecular formula is C12H15BrN2O5. The fraction of sp³-hybridized carbons (Fsp3) is 0.417. The monoisotopic (exact) mass is 346 g/mol. The summed E-state index contributed by atoms with van der Waals surface area (Å²) in [5, 5.41) is 47.3. The van der Waals surface area contributed by atoms with Crippen LogP contribution in [-0.4, -0.2) is 60.4 Å². The van der Waals surface area contributed by atoms with Gasteiger partial charge in [0.15, 0.2) is 0 Å². The van der Waals surface area contributed by atoms with Crippen molar-refractivity contribution < 1.29 is 25.5 Å². The predicted octanol–water partition coefficient (Wildman–Crippen LogP) is -0.566. The number of nitrogens with one attached hydrogen (secondary N) is 1. The number of hydrogen-bond donors (Lipinski definition) is 6. The molecule has 0 amide bonds. The summed E-state index contributed by atoms with van der Waals surface area (Å²) in [5.74, 6) is 0.0646. The molecule has 0 bridgehead atoms. The molecular weight excluding hydrogens is 332 g/mol. The molecule has 7 nitrogen and oxygen atoms in total. The van der Waals surface area contributed by atoms with Crippen molar-refractivity contribution in [2.75, 3.05) is 6.61 Å². The average molecular weight is 347 g/mol. The van der Waals surface area contributed by atoms with Crippen LogP contribution in [0.3, 0.4) is 0 Å². The minimum absolute atomic E-state index is 0.0646. The number of fused-ring (bicyclic) bond motifs is 1. The van der Waals surface area contributed by atoms with Gasteiger partial charge in [0, 0.05) is 4.47 Å². The number of halogens is 1. The van der Waals surface area contributed by atoms with Crippen LogP contribution in [0, 0.1) is 0 Å². The number of aromatic nitrogens is 2. The molecule has 4 atom stereocenters. The van der Waals surface area contributed by atoms with Crippen LogP contribution < -0.4 is 0 Å². The second-order valence-corrected chi connectivity index (χ2v) is 5.38. The minimum atomic E-state index is -1.69. The Labute approximate surface area is 122 Å². The van der Waals surface area contributed by atoms with Crippen molar-refractivity contribution in [1.82, 2.24) is 9.97 Å². The lowest BCUT2D eigenvalue weighted by molar-refractivity contribution is -0.117. The molecule has 0 aliphatic heterocycles. The highest BCUT2D eigenvalue weighted by Gasteiger charge is 2.32. The van der Waals surface area contributed by atoms with Crippen LogP contribution in [0.25, 0.3) is 11.0 Å². The van der Waals surface area contributed by atoms with E-state index in [0.29, 0.717) is 11.0 Å². The molecule has 0 saturated carbocycles.